The fourth-order valence-electron chi connectivity index (χ4n) is 3.26. The number of rotatable bonds is 7. The van der Waals surface area contributed by atoms with Gasteiger partial charge in [0.05, 0.1) is 5.75 Å². The molecule has 0 fully saturated rings. The van der Waals surface area contributed by atoms with Crippen LogP contribution in [0.1, 0.15) is 22.8 Å². The molecule has 0 unspecified atom stereocenters. The Morgan fingerprint density at radius 2 is 1.63 bits per heavy atom. The number of Topliss-reactive ketones (excluding diaryl/α,β-unsaturated/α-hetero) is 1. The highest BCUT2D eigenvalue weighted by molar-refractivity contribution is 7.99. The number of hydrogen-bond acceptors (Lipinski definition) is 3. The Balaban J connectivity index is 1.48. The zero-order valence-electron chi connectivity index (χ0n) is 16.6. The summed E-state index contributed by atoms with van der Waals surface area (Å²) in [5.74, 6) is 0.182. The van der Waals surface area contributed by atoms with Crippen molar-refractivity contribution in [3.63, 3.8) is 0 Å². The van der Waals surface area contributed by atoms with Crippen molar-refractivity contribution in [3.05, 3.63) is 90.0 Å². The minimum atomic E-state index is -0.0968. The first kappa shape index (κ1) is 19.9. The van der Waals surface area contributed by atoms with E-state index in [2.05, 4.69) is 33.1 Å². The molecule has 4 rings (SSSR count). The first-order valence-corrected chi connectivity index (χ1v) is 10.7. The van der Waals surface area contributed by atoms with Crippen molar-refractivity contribution < 1.29 is 14.2 Å². The molecule has 1 heterocycles. The molecule has 0 bridgehead atoms. The van der Waals surface area contributed by atoms with Crippen molar-refractivity contribution in [2.75, 3.05) is 11.1 Å². The normalized spacial score (nSPS) is 10.8. The van der Waals surface area contributed by atoms with Crippen LogP contribution in [0.2, 0.25) is 0 Å². The topological polar surface area (TPSA) is 65.8 Å². The van der Waals surface area contributed by atoms with E-state index in [-0.39, 0.29) is 17.4 Å². The maximum absolute atomic E-state index is 12.5. The monoisotopic (exact) mass is 416 g/mol. The highest BCUT2D eigenvalue weighted by atomic mass is 32.2. The Labute approximate surface area is 179 Å². The van der Waals surface area contributed by atoms with Crippen molar-refractivity contribution in [3.8, 4) is 0 Å². The third-order valence-electron chi connectivity index (χ3n) is 4.78. The van der Waals surface area contributed by atoms with Crippen LogP contribution >= 0.6 is 11.8 Å². The summed E-state index contributed by atoms with van der Waals surface area (Å²) in [5, 5.41) is 3.82. The van der Waals surface area contributed by atoms with E-state index in [1.165, 1.54) is 24.2 Å². The number of para-hydroxylation sites is 2. The highest BCUT2D eigenvalue weighted by Gasteiger charge is 2.20. The molecule has 0 aliphatic carbocycles. The number of ketones is 1. The quantitative estimate of drug-likeness (QED) is 0.266. The molecule has 3 aromatic carbocycles. The molecule has 0 saturated heterocycles. The van der Waals surface area contributed by atoms with Crippen molar-refractivity contribution >= 4 is 40.2 Å². The number of H-pyrrole nitrogens is 1. The lowest BCUT2D eigenvalue weighted by Gasteiger charge is -2.05. The largest absolute Gasteiger partial charge is 0.325 e. The second-order valence-corrected chi connectivity index (χ2v) is 7.95. The van der Waals surface area contributed by atoms with E-state index in [1.807, 2.05) is 36.4 Å². The Kier molecular flexibility index (Phi) is 5.95. The fourth-order valence-corrected chi connectivity index (χ4v) is 4.10. The number of aromatic amines is 1. The number of fused-ring (bicyclic) bond motifs is 1. The molecule has 0 saturated carbocycles. The van der Waals surface area contributed by atoms with Gasteiger partial charge in [-0.25, -0.2) is 9.55 Å². The lowest BCUT2D eigenvalue weighted by molar-refractivity contribution is -0.700. The van der Waals surface area contributed by atoms with Gasteiger partial charge in [-0.05, 0) is 60.6 Å². The van der Waals surface area contributed by atoms with Gasteiger partial charge in [0.25, 0.3) is 0 Å². The third-order valence-corrected chi connectivity index (χ3v) is 5.78. The number of thioether (sulfide) groups is 1. The van der Waals surface area contributed by atoms with Crippen LogP contribution in [0, 0.1) is 0 Å². The van der Waals surface area contributed by atoms with Crippen LogP contribution in [0.4, 0.5) is 5.69 Å². The minimum absolute atomic E-state index is 0.00483. The number of carbonyl (C=O) groups is 2. The number of nitrogens with zero attached hydrogens (tertiary/aromatic N) is 1. The molecular weight excluding hydrogens is 394 g/mol. The molecule has 0 spiro atoms. The molecular formula is C24H22N3O2S+. The molecule has 6 heteroatoms. The SMILES string of the molecule is CC(=O)c1ccc(NC(=O)CSc2[nH]c3ccccc3[n+]2Cc2ccccc2)cc1. The molecule has 1 aromatic heterocycles. The molecule has 150 valence electrons. The van der Waals surface area contributed by atoms with Crippen LogP contribution in [-0.4, -0.2) is 22.4 Å². The van der Waals surface area contributed by atoms with E-state index in [0.29, 0.717) is 11.3 Å². The number of hydrogen-bond donors (Lipinski definition) is 2. The molecule has 1 amide bonds. The number of imidazole rings is 1. The first-order chi connectivity index (χ1) is 14.6. The summed E-state index contributed by atoms with van der Waals surface area (Å²) in [7, 11) is 0. The van der Waals surface area contributed by atoms with Crippen molar-refractivity contribution in [1.29, 1.82) is 0 Å². The second kappa shape index (κ2) is 8.97. The summed E-state index contributed by atoms with van der Waals surface area (Å²) in [4.78, 5) is 27.3. The van der Waals surface area contributed by atoms with Gasteiger partial charge in [0.15, 0.2) is 16.8 Å². The average Bonchev–Trinajstić information content (AvgIpc) is 3.11. The molecule has 4 aromatic rings. The number of carbonyl (C=O) groups excluding carboxylic acids is 2. The fraction of sp³-hybridized carbons (Fsp3) is 0.125. The van der Waals surface area contributed by atoms with Gasteiger partial charge in [-0.3, -0.25) is 9.59 Å². The van der Waals surface area contributed by atoms with Gasteiger partial charge in [0.1, 0.15) is 6.54 Å². The van der Waals surface area contributed by atoms with Crippen LogP contribution < -0.4 is 9.88 Å². The van der Waals surface area contributed by atoms with Crippen LogP contribution in [0.5, 0.6) is 0 Å². The Morgan fingerprint density at radius 3 is 2.37 bits per heavy atom. The summed E-state index contributed by atoms with van der Waals surface area (Å²) in [6.07, 6.45) is 0. The lowest BCUT2D eigenvalue weighted by Crippen LogP contribution is -2.35. The van der Waals surface area contributed by atoms with E-state index < -0.39 is 0 Å². The molecule has 0 radical (unpaired) electrons. The predicted molar refractivity (Wildman–Crippen MR) is 120 cm³/mol. The van der Waals surface area contributed by atoms with Gasteiger partial charge in [-0.15, -0.1) is 0 Å². The number of amides is 1. The highest BCUT2D eigenvalue weighted by Crippen LogP contribution is 2.19. The zero-order chi connectivity index (χ0) is 20.9. The smallest absolute Gasteiger partial charge is 0.317 e. The molecule has 0 aliphatic rings. The van der Waals surface area contributed by atoms with Crippen molar-refractivity contribution in [2.24, 2.45) is 0 Å². The zero-order valence-corrected chi connectivity index (χ0v) is 17.4. The van der Waals surface area contributed by atoms with E-state index in [9.17, 15) is 9.59 Å². The van der Waals surface area contributed by atoms with Crippen LogP contribution in [-0.2, 0) is 11.3 Å². The predicted octanol–water partition coefficient (Wildman–Crippen LogP) is 4.44. The van der Waals surface area contributed by atoms with Gasteiger partial charge in [-0.1, -0.05) is 42.5 Å². The van der Waals surface area contributed by atoms with Crippen LogP contribution in [0.3, 0.4) is 0 Å². The second-order valence-electron chi connectivity index (χ2n) is 6.99. The average molecular weight is 417 g/mol. The van der Waals surface area contributed by atoms with E-state index >= 15 is 0 Å². The van der Waals surface area contributed by atoms with Gasteiger partial charge in [0.2, 0.25) is 5.91 Å². The summed E-state index contributed by atoms with van der Waals surface area (Å²) in [5.41, 5.74) is 4.64. The number of anilines is 1. The number of benzene rings is 3. The molecule has 2 N–H and O–H groups in total. The van der Waals surface area contributed by atoms with Gasteiger partial charge >= 0.3 is 5.16 Å². The number of aromatic nitrogens is 2. The van der Waals surface area contributed by atoms with Gasteiger partial charge in [-0.2, -0.15) is 0 Å². The third kappa shape index (κ3) is 4.60. The molecule has 0 aliphatic heterocycles. The summed E-state index contributed by atoms with van der Waals surface area (Å²) < 4.78 is 2.20. The van der Waals surface area contributed by atoms with Crippen LogP contribution in [0.25, 0.3) is 11.0 Å². The summed E-state index contributed by atoms with van der Waals surface area (Å²) in [6, 6.07) is 25.3. The van der Waals surface area contributed by atoms with E-state index in [4.69, 9.17) is 0 Å². The summed E-state index contributed by atoms with van der Waals surface area (Å²) in [6.45, 7) is 2.25. The molecule has 30 heavy (non-hydrogen) atoms. The maximum atomic E-state index is 12.5. The van der Waals surface area contributed by atoms with Gasteiger partial charge < -0.3 is 5.32 Å². The van der Waals surface area contributed by atoms with Crippen molar-refractivity contribution in [1.82, 2.24) is 4.98 Å². The molecule has 0 atom stereocenters. The van der Waals surface area contributed by atoms with Crippen LogP contribution in [0.15, 0.2) is 84.0 Å². The Morgan fingerprint density at radius 1 is 0.933 bits per heavy atom. The first-order valence-electron chi connectivity index (χ1n) is 9.68. The van der Waals surface area contributed by atoms with E-state index in [0.717, 1.165) is 22.7 Å². The minimum Gasteiger partial charge on any atom is -0.325 e. The summed E-state index contributed by atoms with van der Waals surface area (Å²) >= 11 is 1.47. The van der Waals surface area contributed by atoms with Gasteiger partial charge in [0, 0.05) is 11.3 Å². The lowest BCUT2D eigenvalue weighted by atomic mass is 10.1. The van der Waals surface area contributed by atoms with E-state index in [1.54, 1.807) is 24.3 Å². The Hall–Kier alpha value is -3.38. The Bertz CT molecular complexity index is 1180. The number of nitrogens with one attached hydrogen (secondary N) is 2. The standard InChI is InChI=1S/C24H21N3O2S/c1-17(28)19-11-13-20(14-12-19)25-23(29)16-30-24-26-21-9-5-6-10-22(21)27(24)15-18-7-3-2-4-8-18/h2-14H,15-16H2,1H3,(H,25,28,29)/p+1. The maximum Gasteiger partial charge on any atom is 0.317 e. The molecule has 5 nitrogen and oxygen atoms in total. The van der Waals surface area contributed by atoms with Crippen molar-refractivity contribution in [2.45, 2.75) is 18.6 Å².